The van der Waals surface area contributed by atoms with Crippen LogP contribution < -0.4 is 0 Å². The average molecular weight is 268 g/mol. The van der Waals surface area contributed by atoms with Crippen LogP contribution in [0.1, 0.15) is 5.69 Å². The van der Waals surface area contributed by atoms with Gasteiger partial charge in [0.05, 0.1) is 5.52 Å². The van der Waals surface area contributed by atoms with Gasteiger partial charge in [-0.2, -0.15) is 5.26 Å². The maximum absolute atomic E-state index is 9.44. The van der Waals surface area contributed by atoms with Crippen LogP contribution in [-0.4, -0.2) is 4.40 Å². The summed E-state index contributed by atoms with van der Waals surface area (Å²) in [5, 5.41) is 11.6. The number of hydrogen-bond donors (Lipinski definition) is 0. The number of rotatable bonds is 1. The molecule has 0 unspecified atom stereocenters. The van der Waals surface area contributed by atoms with Crippen LogP contribution in [-0.2, 0) is 0 Å². The predicted molar refractivity (Wildman–Crippen MR) is 85.1 cm³/mol. The summed E-state index contributed by atoms with van der Waals surface area (Å²) in [5.74, 6) is 0. The summed E-state index contributed by atoms with van der Waals surface area (Å²) in [4.78, 5) is 0. The molecule has 0 amide bonds. The van der Waals surface area contributed by atoms with Crippen LogP contribution in [0, 0.1) is 11.3 Å². The van der Waals surface area contributed by atoms with E-state index in [1.165, 1.54) is 5.56 Å². The van der Waals surface area contributed by atoms with E-state index in [0.717, 1.165) is 21.9 Å². The molecule has 0 saturated heterocycles. The summed E-state index contributed by atoms with van der Waals surface area (Å²) in [5.41, 5.74) is 4.11. The molecule has 0 saturated carbocycles. The fourth-order valence-electron chi connectivity index (χ4n) is 2.87. The largest absolute Gasteiger partial charge is 0.307 e. The minimum Gasteiger partial charge on any atom is -0.307 e. The first-order valence-electron chi connectivity index (χ1n) is 6.87. The van der Waals surface area contributed by atoms with Gasteiger partial charge in [-0.1, -0.05) is 54.6 Å². The standard InChI is InChI=1S/C19H12N2/c20-13-19-17-9-5-4-8-16(17)18-12-15(10-11-21(18)19)14-6-2-1-3-7-14/h1-12H. The highest BCUT2D eigenvalue weighted by Crippen LogP contribution is 2.29. The maximum atomic E-state index is 9.44. The van der Waals surface area contributed by atoms with Crippen LogP contribution in [0.2, 0.25) is 0 Å². The molecule has 0 fully saturated rings. The van der Waals surface area contributed by atoms with E-state index >= 15 is 0 Å². The van der Waals surface area contributed by atoms with Crippen molar-refractivity contribution >= 4 is 16.3 Å². The second-order valence-electron chi connectivity index (χ2n) is 5.04. The second-order valence-corrected chi connectivity index (χ2v) is 5.04. The number of benzene rings is 2. The third kappa shape index (κ3) is 1.72. The summed E-state index contributed by atoms with van der Waals surface area (Å²) < 4.78 is 1.97. The van der Waals surface area contributed by atoms with E-state index in [1.54, 1.807) is 0 Å². The van der Waals surface area contributed by atoms with Crippen molar-refractivity contribution in [1.82, 2.24) is 4.40 Å². The minimum atomic E-state index is 0.695. The molecule has 2 aromatic heterocycles. The zero-order valence-electron chi connectivity index (χ0n) is 11.3. The summed E-state index contributed by atoms with van der Waals surface area (Å²) >= 11 is 0. The van der Waals surface area contributed by atoms with Gasteiger partial charge in [0.25, 0.3) is 0 Å². The van der Waals surface area contributed by atoms with Gasteiger partial charge in [-0.15, -0.1) is 0 Å². The molecule has 0 spiro atoms. The van der Waals surface area contributed by atoms with Gasteiger partial charge >= 0.3 is 0 Å². The number of hydrogen-bond acceptors (Lipinski definition) is 1. The van der Waals surface area contributed by atoms with Gasteiger partial charge in [-0.25, -0.2) is 0 Å². The van der Waals surface area contributed by atoms with Crippen molar-refractivity contribution in [2.45, 2.75) is 0 Å². The van der Waals surface area contributed by atoms with E-state index in [2.05, 4.69) is 36.4 Å². The number of nitriles is 1. The van der Waals surface area contributed by atoms with Gasteiger partial charge in [-0.05, 0) is 23.3 Å². The molecular weight excluding hydrogens is 256 g/mol. The number of pyridine rings is 1. The van der Waals surface area contributed by atoms with Crippen LogP contribution >= 0.6 is 0 Å². The highest BCUT2D eigenvalue weighted by Gasteiger charge is 2.11. The Morgan fingerprint density at radius 3 is 2.24 bits per heavy atom. The molecule has 0 aliphatic carbocycles. The smallest absolute Gasteiger partial charge is 0.132 e. The zero-order chi connectivity index (χ0) is 14.2. The topological polar surface area (TPSA) is 28.2 Å². The van der Waals surface area contributed by atoms with E-state index in [1.807, 2.05) is 47.0 Å². The average Bonchev–Trinajstić information content (AvgIpc) is 2.88. The molecule has 0 aliphatic heterocycles. The van der Waals surface area contributed by atoms with Crippen molar-refractivity contribution in [2.24, 2.45) is 0 Å². The predicted octanol–water partition coefficient (Wildman–Crippen LogP) is 4.63. The summed E-state index contributed by atoms with van der Waals surface area (Å²) in [6.45, 7) is 0. The Labute approximate surface area is 122 Å². The number of nitrogens with zero attached hydrogens (tertiary/aromatic N) is 2. The SMILES string of the molecule is N#Cc1c2ccccc2c2cc(-c3ccccc3)ccn12. The van der Waals surface area contributed by atoms with Crippen molar-refractivity contribution in [3.63, 3.8) is 0 Å². The summed E-state index contributed by atoms with van der Waals surface area (Å²) in [6, 6.07) is 24.9. The van der Waals surface area contributed by atoms with E-state index in [0.29, 0.717) is 5.69 Å². The van der Waals surface area contributed by atoms with Gasteiger partial charge in [0.1, 0.15) is 11.8 Å². The molecule has 4 aromatic rings. The fraction of sp³-hybridized carbons (Fsp3) is 0. The van der Waals surface area contributed by atoms with Crippen LogP contribution in [0.4, 0.5) is 0 Å². The Bertz CT molecular complexity index is 989. The lowest BCUT2D eigenvalue weighted by Gasteiger charge is -2.03. The third-order valence-electron chi connectivity index (χ3n) is 3.87. The molecule has 0 atom stereocenters. The molecule has 21 heavy (non-hydrogen) atoms. The molecule has 0 N–H and O–H groups in total. The van der Waals surface area contributed by atoms with E-state index in [-0.39, 0.29) is 0 Å². The normalized spacial score (nSPS) is 10.8. The lowest BCUT2D eigenvalue weighted by atomic mass is 10.1. The first kappa shape index (κ1) is 11.7. The number of aromatic nitrogens is 1. The molecule has 4 rings (SSSR count). The molecule has 2 heterocycles. The maximum Gasteiger partial charge on any atom is 0.132 e. The minimum absolute atomic E-state index is 0.695. The first-order valence-corrected chi connectivity index (χ1v) is 6.87. The van der Waals surface area contributed by atoms with E-state index in [9.17, 15) is 5.26 Å². The molecular formula is C19H12N2. The van der Waals surface area contributed by atoms with Crippen molar-refractivity contribution in [2.75, 3.05) is 0 Å². The monoisotopic (exact) mass is 268 g/mol. The van der Waals surface area contributed by atoms with Gasteiger partial charge in [0, 0.05) is 17.0 Å². The Hall–Kier alpha value is -3.05. The second kappa shape index (κ2) is 4.50. The Kier molecular flexibility index (Phi) is 2.52. The molecule has 0 aliphatic rings. The molecule has 0 radical (unpaired) electrons. The molecule has 2 nitrogen and oxygen atoms in total. The number of fused-ring (bicyclic) bond motifs is 3. The fourth-order valence-corrected chi connectivity index (χ4v) is 2.87. The van der Waals surface area contributed by atoms with Gasteiger partial charge in [0.2, 0.25) is 0 Å². The molecule has 98 valence electrons. The van der Waals surface area contributed by atoms with Crippen molar-refractivity contribution in [3.8, 4) is 17.2 Å². The lowest BCUT2D eigenvalue weighted by Crippen LogP contribution is -1.88. The highest BCUT2D eigenvalue weighted by molar-refractivity contribution is 6.01. The van der Waals surface area contributed by atoms with Crippen molar-refractivity contribution in [3.05, 3.63) is 78.6 Å². The first-order chi connectivity index (χ1) is 10.4. The molecule has 0 bridgehead atoms. The van der Waals surface area contributed by atoms with Crippen LogP contribution in [0.25, 0.3) is 27.4 Å². The highest BCUT2D eigenvalue weighted by atomic mass is 14.9. The van der Waals surface area contributed by atoms with Crippen LogP contribution in [0.5, 0.6) is 0 Å². The van der Waals surface area contributed by atoms with E-state index < -0.39 is 0 Å². The molecule has 2 heteroatoms. The van der Waals surface area contributed by atoms with Crippen LogP contribution in [0.3, 0.4) is 0 Å². The van der Waals surface area contributed by atoms with Gasteiger partial charge in [0.15, 0.2) is 0 Å². The summed E-state index contributed by atoms with van der Waals surface area (Å²) in [7, 11) is 0. The summed E-state index contributed by atoms with van der Waals surface area (Å²) in [6.07, 6.45) is 1.98. The Balaban J connectivity index is 2.09. The Morgan fingerprint density at radius 1 is 0.762 bits per heavy atom. The quantitative estimate of drug-likeness (QED) is 0.494. The van der Waals surface area contributed by atoms with Crippen molar-refractivity contribution < 1.29 is 0 Å². The van der Waals surface area contributed by atoms with Crippen LogP contribution in [0.15, 0.2) is 72.9 Å². The van der Waals surface area contributed by atoms with E-state index in [4.69, 9.17) is 0 Å². The van der Waals surface area contributed by atoms with Crippen molar-refractivity contribution in [1.29, 1.82) is 5.26 Å². The van der Waals surface area contributed by atoms with Gasteiger partial charge in [-0.3, -0.25) is 0 Å². The lowest BCUT2D eigenvalue weighted by molar-refractivity contribution is 1.17. The Morgan fingerprint density at radius 2 is 1.48 bits per heavy atom. The third-order valence-corrected chi connectivity index (χ3v) is 3.87. The molecule has 2 aromatic carbocycles. The zero-order valence-corrected chi connectivity index (χ0v) is 11.3. The van der Waals surface area contributed by atoms with Gasteiger partial charge < -0.3 is 4.40 Å².